The third-order valence-corrected chi connectivity index (χ3v) is 5.56. The molecule has 3 nitrogen and oxygen atoms in total. The molecule has 0 saturated heterocycles. The Morgan fingerprint density at radius 3 is 2.59 bits per heavy atom. The summed E-state index contributed by atoms with van der Waals surface area (Å²) >= 11 is 0. The lowest BCUT2D eigenvalue weighted by Gasteiger charge is -2.47. The van der Waals surface area contributed by atoms with Crippen molar-refractivity contribution in [1.82, 2.24) is 0 Å². The van der Waals surface area contributed by atoms with Gasteiger partial charge in [-0.3, -0.25) is 0 Å². The van der Waals surface area contributed by atoms with Gasteiger partial charge in [0.1, 0.15) is 5.75 Å². The molecule has 0 bridgehead atoms. The van der Waals surface area contributed by atoms with Crippen molar-refractivity contribution < 1.29 is 4.74 Å². The summed E-state index contributed by atoms with van der Waals surface area (Å²) in [5, 5.41) is 9.68. The number of anilines is 1. The van der Waals surface area contributed by atoms with Crippen LogP contribution < -0.4 is 9.64 Å². The van der Waals surface area contributed by atoms with E-state index in [1.165, 1.54) is 11.3 Å². The van der Waals surface area contributed by atoms with E-state index in [0.717, 1.165) is 29.8 Å². The fourth-order valence-corrected chi connectivity index (χ4v) is 4.37. The summed E-state index contributed by atoms with van der Waals surface area (Å²) in [7, 11) is 1.70. The number of fused-ring (bicyclic) bond motifs is 1. The fraction of sp³-hybridized carbons (Fsp3) is 0.375. The van der Waals surface area contributed by atoms with Crippen LogP contribution in [0.15, 0.2) is 42.5 Å². The molecule has 0 aliphatic carbocycles. The van der Waals surface area contributed by atoms with E-state index < -0.39 is 0 Å². The molecule has 0 N–H and O–H groups in total. The monoisotopic (exact) mass is 360 g/mol. The number of nitriles is 1. The van der Waals surface area contributed by atoms with Crippen LogP contribution in [-0.2, 0) is 0 Å². The number of allylic oxidation sites excluding steroid dienone is 1. The average Bonchev–Trinajstić information content (AvgIpc) is 2.66. The van der Waals surface area contributed by atoms with Crippen molar-refractivity contribution in [3.63, 3.8) is 0 Å². The Balaban J connectivity index is 2.15. The molecule has 0 aromatic heterocycles. The number of methoxy groups -OCH3 is 1. The summed E-state index contributed by atoms with van der Waals surface area (Å²) in [6.45, 7) is 10.1. The van der Waals surface area contributed by atoms with Crippen LogP contribution in [0.4, 0.5) is 5.69 Å². The molecule has 0 amide bonds. The molecule has 1 unspecified atom stereocenters. The fourth-order valence-electron chi connectivity index (χ4n) is 4.37. The van der Waals surface area contributed by atoms with Gasteiger partial charge in [0, 0.05) is 29.4 Å². The quantitative estimate of drug-likeness (QED) is 0.505. The van der Waals surface area contributed by atoms with Gasteiger partial charge in [0.2, 0.25) is 0 Å². The molecule has 0 radical (unpaired) electrons. The molecule has 1 atom stereocenters. The van der Waals surface area contributed by atoms with E-state index in [1.54, 1.807) is 7.11 Å². The minimum Gasteiger partial charge on any atom is -0.496 e. The molecule has 1 aliphatic rings. The van der Waals surface area contributed by atoms with Crippen LogP contribution in [0.3, 0.4) is 0 Å². The van der Waals surface area contributed by atoms with Gasteiger partial charge in [-0.1, -0.05) is 37.3 Å². The summed E-state index contributed by atoms with van der Waals surface area (Å²) in [6.07, 6.45) is 3.05. The SMILES string of the molecule is CCN1c2cc(OC)c(/C=C(/C#N)c3ccccc3)cc2C(C)CC1(C)C. The van der Waals surface area contributed by atoms with Crippen molar-refractivity contribution in [1.29, 1.82) is 5.26 Å². The first-order chi connectivity index (χ1) is 12.9. The van der Waals surface area contributed by atoms with E-state index >= 15 is 0 Å². The second-order valence-electron chi connectivity index (χ2n) is 7.85. The highest BCUT2D eigenvalue weighted by molar-refractivity contribution is 5.91. The standard InChI is InChI=1S/C24H28N2O/c1-6-26-22-14-23(27-5)19(13-21(22)17(2)15-24(26,3)4)12-20(16-25)18-10-8-7-9-11-18/h7-14,17H,6,15H2,1-5H3/b20-12-. The van der Waals surface area contributed by atoms with Crippen molar-refractivity contribution >= 4 is 17.3 Å². The van der Waals surface area contributed by atoms with Gasteiger partial charge in [-0.25, -0.2) is 0 Å². The van der Waals surface area contributed by atoms with Crippen LogP contribution in [0, 0.1) is 11.3 Å². The predicted octanol–water partition coefficient (Wildman–Crippen LogP) is 5.87. The maximum Gasteiger partial charge on any atom is 0.128 e. The maximum atomic E-state index is 9.68. The Morgan fingerprint density at radius 2 is 2.00 bits per heavy atom. The van der Waals surface area contributed by atoms with Gasteiger partial charge in [0.05, 0.1) is 18.8 Å². The zero-order valence-electron chi connectivity index (χ0n) is 16.9. The molecule has 3 heteroatoms. The maximum absolute atomic E-state index is 9.68. The number of hydrogen-bond donors (Lipinski definition) is 0. The Bertz CT molecular complexity index is 891. The van der Waals surface area contributed by atoms with Gasteiger partial charge in [-0.2, -0.15) is 5.26 Å². The molecule has 3 rings (SSSR count). The summed E-state index contributed by atoms with van der Waals surface area (Å²) < 4.78 is 5.71. The molecule has 2 aromatic carbocycles. The third kappa shape index (κ3) is 3.57. The summed E-state index contributed by atoms with van der Waals surface area (Å²) in [4.78, 5) is 2.46. The van der Waals surface area contributed by atoms with Crippen molar-refractivity contribution in [2.75, 3.05) is 18.6 Å². The topological polar surface area (TPSA) is 36.3 Å². The van der Waals surface area contributed by atoms with Gasteiger partial charge in [-0.05, 0) is 56.4 Å². The zero-order chi connectivity index (χ0) is 19.6. The van der Waals surface area contributed by atoms with Crippen LogP contribution in [0.1, 0.15) is 56.7 Å². The van der Waals surface area contributed by atoms with Gasteiger partial charge in [0.15, 0.2) is 0 Å². The highest BCUT2D eigenvalue weighted by Gasteiger charge is 2.36. The van der Waals surface area contributed by atoms with E-state index in [1.807, 2.05) is 36.4 Å². The molecule has 27 heavy (non-hydrogen) atoms. The third-order valence-electron chi connectivity index (χ3n) is 5.56. The van der Waals surface area contributed by atoms with Crippen LogP contribution in [0.2, 0.25) is 0 Å². The minimum absolute atomic E-state index is 0.116. The molecular formula is C24H28N2O. The Morgan fingerprint density at radius 1 is 1.30 bits per heavy atom. The zero-order valence-corrected chi connectivity index (χ0v) is 16.9. The number of rotatable bonds is 4. The lowest BCUT2D eigenvalue weighted by molar-refractivity contribution is 0.377. The van der Waals surface area contributed by atoms with Crippen molar-refractivity contribution in [2.24, 2.45) is 0 Å². The molecule has 0 spiro atoms. The number of ether oxygens (including phenoxy) is 1. The predicted molar refractivity (Wildman–Crippen MR) is 113 cm³/mol. The second-order valence-corrected chi connectivity index (χ2v) is 7.85. The lowest BCUT2D eigenvalue weighted by atomic mass is 9.79. The molecule has 140 valence electrons. The van der Waals surface area contributed by atoms with Crippen LogP contribution in [0.25, 0.3) is 11.6 Å². The highest BCUT2D eigenvalue weighted by atomic mass is 16.5. The molecule has 1 aliphatic heterocycles. The first-order valence-corrected chi connectivity index (χ1v) is 9.58. The van der Waals surface area contributed by atoms with E-state index in [4.69, 9.17) is 4.74 Å². The molecule has 1 heterocycles. The van der Waals surface area contributed by atoms with Crippen molar-refractivity contribution in [2.45, 2.75) is 45.6 Å². The van der Waals surface area contributed by atoms with E-state index in [9.17, 15) is 5.26 Å². The van der Waals surface area contributed by atoms with Crippen molar-refractivity contribution in [3.8, 4) is 11.8 Å². The van der Waals surface area contributed by atoms with E-state index in [2.05, 4.69) is 50.8 Å². The van der Waals surface area contributed by atoms with Gasteiger partial charge in [0.25, 0.3) is 0 Å². The van der Waals surface area contributed by atoms with Gasteiger partial charge >= 0.3 is 0 Å². The van der Waals surface area contributed by atoms with Crippen molar-refractivity contribution in [3.05, 3.63) is 59.2 Å². The molecular weight excluding hydrogens is 332 g/mol. The summed E-state index contributed by atoms with van der Waals surface area (Å²) in [5.41, 5.74) is 5.21. The number of nitrogens with zero attached hydrogens (tertiary/aromatic N) is 2. The summed E-state index contributed by atoms with van der Waals surface area (Å²) in [6, 6.07) is 16.5. The Labute approximate surface area is 162 Å². The molecule has 0 saturated carbocycles. The summed E-state index contributed by atoms with van der Waals surface area (Å²) in [5.74, 6) is 1.26. The van der Waals surface area contributed by atoms with Gasteiger partial charge < -0.3 is 9.64 Å². The Hall–Kier alpha value is -2.73. The lowest BCUT2D eigenvalue weighted by Crippen LogP contribution is -2.48. The van der Waals surface area contributed by atoms with E-state index in [-0.39, 0.29) is 5.54 Å². The first-order valence-electron chi connectivity index (χ1n) is 9.58. The van der Waals surface area contributed by atoms with Crippen LogP contribution >= 0.6 is 0 Å². The van der Waals surface area contributed by atoms with Crippen LogP contribution in [-0.4, -0.2) is 19.2 Å². The van der Waals surface area contributed by atoms with Crippen LogP contribution in [0.5, 0.6) is 5.75 Å². The first kappa shape index (κ1) is 19.0. The second kappa shape index (κ2) is 7.48. The largest absolute Gasteiger partial charge is 0.496 e. The number of benzene rings is 2. The smallest absolute Gasteiger partial charge is 0.128 e. The normalized spacial score (nSPS) is 18.6. The molecule has 0 fully saturated rings. The molecule has 2 aromatic rings. The average molecular weight is 361 g/mol. The van der Waals surface area contributed by atoms with Gasteiger partial charge in [-0.15, -0.1) is 0 Å². The minimum atomic E-state index is 0.116. The Kier molecular flexibility index (Phi) is 5.28. The van der Waals surface area contributed by atoms with E-state index in [0.29, 0.717) is 11.5 Å². The number of hydrogen-bond acceptors (Lipinski definition) is 3. The highest BCUT2D eigenvalue weighted by Crippen LogP contribution is 2.46.